The average molecular weight is 246 g/mol. The maximum atomic E-state index is 11.2. The predicted molar refractivity (Wildman–Crippen MR) is 67.3 cm³/mol. The molecule has 0 unspecified atom stereocenters. The van der Waals surface area contributed by atoms with Gasteiger partial charge in [-0.25, -0.2) is 4.79 Å². The number of carbonyl (C=O) groups excluding carboxylic acids is 1. The molecule has 0 bridgehead atoms. The van der Waals surface area contributed by atoms with E-state index in [-0.39, 0.29) is 5.91 Å². The number of rotatable bonds is 5. The van der Waals surface area contributed by atoms with Crippen LogP contribution < -0.4 is 10.6 Å². The molecule has 1 amide bonds. The Bertz CT molecular complexity index is 509. The number of benzene rings is 1. The fourth-order valence-corrected chi connectivity index (χ4v) is 1.85. The first-order valence-corrected chi connectivity index (χ1v) is 5.67. The summed E-state index contributed by atoms with van der Waals surface area (Å²) in [6, 6.07) is 5.82. The lowest BCUT2D eigenvalue weighted by atomic mass is 10.1. The van der Waals surface area contributed by atoms with E-state index in [1.807, 2.05) is 18.2 Å². The highest BCUT2D eigenvalue weighted by Crippen LogP contribution is 2.23. The summed E-state index contributed by atoms with van der Waals surface area (Å²) < 4.78 is 0. The van der Waals surface area contributed by atoms with Gasteiger partial charge in [-0.2, -0.15) is 0 Å². The lowest BCUT2D eigenvalue weighted by Crippen LogP contribution is -2.13. The minimum absolute atomic E-state index is 0.0273. The molecule has 0 fully saturated rings. The Kier molecular flexibility index (Phi) is 3.74. The Hall–Kier alpha value is -2.14. The predicted octanol–water partition coefficient (Wildman–Crippen LogP) is 0.912. The van der Waals surface area contributed by atoms with Gasteiger partial charge in [0.25, 0.3) is 0 Å². The van der Waals surface area contributed by atoms with E-state index in [2.05, 4.69) is 10.6 Å². The van der Waals surface area contributed by atoms with Crippen LogP contribution >= 0.6 is 0 Å². The van der Waals surface area contributed by atoms with Crippen LogP contribution in [0.2, 0.25) is 0 Å². The number of carboxylic acids is 1. The van der Waals surface area contributed by atoms with Gasteiger partial charge in [0, 0.05) is 24.9 Å². The molecule has 1 aliphatic heterocycles. The summed E-state index contributed by atoms with van der Waals surface area (Å²) in [4.78, 5) is 21.4. The molecular weight excluding hydrogens is 232 g/mol. The summed E-state index contributed by atoms with van der Waals surface area (Å²) in [5, 5.41) is 14.3. The van der Waals surface area contributed by atoms with Crippen molar-refractivity contribution in [2.24, 2.45) is 0 Å². The first-order valence-electron chi connectivity index (χ1n) is 5.67. The first-order chi connectivity index (χ1) is 8.65. The van der Waals surface area contributed by atoms with E-state index < -0.39 is 5.97 Å². The second-order valence-corrected chi connectivity index (χ2v) is 4.09. The zero-order chi connectivity index (χ0) is 13.0. The van der Waals surface area contributed by atoms with Crippen molar-refractivity contribution < 1.29 is 14.7 Å². The highest BCUT2D eigenvalue weighted by Gasteiger charge is 2.16. The van der Waals surface area contributed by atoms with Crippen LogP contribution in [0.1, 0.15) is 11.1 Å². The number of carboxylic acid groups (broad SMARTS) is 1. The number of aliphatic carboxylic acids is 1. The lowest BCUT2D eigenvalue weighted by molar-refractivity contribution is -0.131. The van der Waals surface area contributed by atoms with Crippen molar-refractivity contribution in [2.75, 3.05) is 11.9 Å². The Morgan fingerprint density at radius 3 is 3.11 bits per heavy atom. The fraction of sp³-hybridized carbons (Fsp3) is 0.231. The van der Waals surface area contributed by atoms with Gasteiger partial charge in [0.15, 0.2) is 0 Å². The summed E-state index contributed by atoms with van der Waals surface area (Å²) in [6.07, 6.45) is 3.10. The van der Waals surface area contributed by atoms with Crippen LogP contribution in [0.4, 0.5) is 5.69 Å². The second kappa shape index (κ2) is 5.46. The van der Waals surface area contributed by atoms with E-state index in [1.165, 1.54) is 0 Å². The zero-order valence-corrected chi connectivity index (χ0v) is 9.77. The van der Waals surface area contributed by atoms with E-state index in [1.54, 1.807) is 6.08 Å². The van der Waals surface area contributed by atoms with Gasteiger partial charge in [-0.15, -0.1) is 0 Å². The molecule has 0 saturated heterocycles. The molecule has 0 aromatic heterocycles. The lowest BCUT2D eigenvalue weighted by Gasteiger charge is -2.04. The quantitative estimate of drug-likeness (QED) is 0.533. The third kappa shape index (κ3) is 3.18. The van der Waals surface area contributed by atoms with Crippen molar-refractivity contribution in [1.82, 2.24) is 5.32 Å². The van der Waals surface area contributed by atoms with Gasteiger partial charge in [0.2, 0.25) is 5.91 Å². The average Bonchev–Trinajstić information content (AvgIpc) is 2.67. The highest BCUT2D eigenvalue weighted by atomic mass is 16.4. The smallest absolute Gasteiger partial charge is 0.328 e. The summed E-state index contributed by atoms with van der Waals surface area (Å²) >= 11 is 0. The third-order valence-corrected chi connectivity index (χ3v) is 2.65. The molecular formula is C13H14N2O3. The second-order valence-electron chi connectivity index (χ2n) is 4.09. The Morgan fingerprint density at radius 1 is 1.50 bits per heavy atom. The van der Waals surface area contributed by atoms with Crippen LogP contribution in [0.25, 0.3) is 0 Å². The van der Waals surface area contributed by atoms with Crippen molar-refractivity contribution >= 4 is 17.6 Å². The summed E-state index contributed by atoms with van der Waals surface area (Å²) in [7, 11) is 0. The fourth-order valence-electron chi connectivity index (χ4n) is 1.85. The number of amides is 1. The molecule has 1 aliphatic rings. The largest absolute Gasteiger partial charge is 0.478 e. The van der Waals surface area contributed by atoms with Gasteiger partial charge in [-0.3, -0.25) is 4.79 Å². The highest BCUT2D eigenvalue weighted by molar-refractivity contribution is 5.99. The number of hydrogen-bond acceptors (Lipinski definition) is 3. The van der Waals surface area contributed by atoms with E-state index in [9.17, 15) is 9.59 Å². The van der Waals surface area contributed by atoms with Crippen LogP contribution in [0, 0.1) is 0 Å². The first kappa shape index (κ1) is 12.3. The van der Waals surface area contributed by atoms with Crippen LogP contribution in [0.3, 0.4) is 0 Å². The number of fused-ring (bicyclic) bond motifs is 1. The van der Waals surface area contributed by atoms with Crippen molar-refractivity contribution in [3.05, 3.63) is 41.5 Å². The van der Waals surface area contributed by atoms with Crippen LogP contribution in [-0.2, 0) is 22.6 Å². The molecule has 0 spiro atoms. The summed E-state index contributed by atoms with van der Waals surface area (Å²) in [5.41, 5.74) is 2.98. The van der Waals surface area contributed by atoms with Crippen molar-refractivity contribution in [2.45, 2.75) is 13.0 Å². The SMILES string of the molecule is O=C(O)/C=C/CNCc1ccc2c(c1)CC(=O)N2. The number of carbonyl (C=O) groups is 2. The molecule has 1 aromatic carbocycles. The molecule has 18 heavy (non-hydrogen) atoms. The summed E-state index contributed by atoms with van der Waals surface area (Å²) in [5.74, 6) is -0.918. The van der Waals surface area contributed by atoms with E-state index in [0.717, 1.165) is 22.9 Å². The maximum absolute atomic E-state index is 11.2. The van der Waals surface area contributed by atoms with E-state index in [0.29, 0.717) is 19.5 Å². The van der Waals surface area contributed by atoms with Gasteiger partial charge in [-0.05, 0) is 17.2 Å². The van der Waals surface area contributed by atoms with Crippen LogP contribution in [0.5, 0.6) is 0 Å². The number of nitrogens with one attached hydrogen (secondary N) is 2. The number of hydrogen-bond donors (Lipinski definition) is 3. The molecule has 0 aliphatic carbocycles. The summed E-state index contributed by atoms with van der Waals surface area (Å²) in [6.45, 7) is 1.14. The molecule has 5 heteroatoms. The Labute approximate surface area is 105 Å². The molecule has 1 aromatic rings. The molecule has 0 atom stereocenters. The van der Waals surface area contributed by atoms with Crippen molar-refractivity contribution in [3.63, 3.8) is 0 Å². The zero-order valence-electron chi connectivity index (χ0n) is 9.77. The molecule has 3 N–H and O–H groups in total. The van der Waals surface area contributed by atoms with Crippen LogP contribution in [-0.4, -0.2) is 23.5 Å². The molecule has 2 rings (SSSR count). The van der Waals surface area contributed by atoms with Gasteiger partial charge in [-0.1, -0.05) is 18.2 Å². The molecule has 0 saturated carbocycles. The van der Waals surface area contributed by atoms with E-state index in [4.69, 9.17) is 5.11 Å². The molecule has 5 nitrogen and oxygen atoms in total. The minimum Gasteiger partial charge on any atom is -0.478 e. The van der Waals surface area contributed by atoms with Crippen LogP contribution in [0.15, 0.2) is 30.4 Å². The Morgan fingerprint density at radius 2 is 2.33 bits per heavy atom. The van der Waals surface area contributed by atoms with E-state index >= 15 is 0 Å². The van der Waals surface area contributed by atoms with Gasteiger partial charge < -0.3 is 15.7 Å². The van der Waals surface area contributed by atoms with Crippen molar-refractivity contribution in [1.29, 1.82) is 0 Å². The van der Waals surface area contributed by atoms with Crippen molar-refractivity contribution in [3.8, 4) is 0 Å². The molecule has 94 valence electrons. The topological polar surface area (TPSA) is 78.4 Å². The Balaban J connectivity index is 1.86. The minimum atomic E-state index is -0.945. The monoisotopic (exact) mass is 246 g/mol. The van der Waals surface area contributed by atoms with Gasteiger partial charge in [0.05, 0.1) is 6.42 Å². The van der Waals surface area contributed by atoms with Gasteiger partial charge in [0.1, 0.15) is 0 Å². The standard InChI is InChI=1S/C13H14N2O3/c16-12-7-10-6-9(3-4-11(10)15-12)8-14-5-1-2-13(17)18/h1-4,6,14H,5,7-8H2,(H,15,16)(H,17,18)/b2-1+. The molecule has 1 heterocycles. The normalized spacial score (nSPS) is 13.7. The number of anilines is 1. The van der Waals surface area contributed by atoms with Gasteiger partial charge >= 0.3 is 5.97 Å². The molecule has 0 radical (unpaired) electrons. The third-order valence-electron chi connectivity index (χ3n) is 2.65. The maximum Gasteiger partial charge on any atom is 0.328 e.